The summed E-state index contributed by atoms with van der Waals surface area (Å²) >= 11 is 3.95. The Labute approximate surface area is 168 Å². The Morgan fingerprint density at radius 3 is 2.89 bits per heavy atom. The highest BCUT2D eigenvalue weighted by Crippen LogP contribution is 2.43. The molecule has 3 rings (SSSR count). The zero-order valence-electron chi connectivity index (χ0n) is 15.7. The summed E-state index contributed by atoms with van der Waals surface area (Å²) in [7, 11) is 0. The molecule has 1 fully saturated rings. The highest BCUT2D eigenvalue weighted by Gasteiger charge is 2.17. The molecule has 1 aromatic heterocycles. The number of carbonyl (C=O) groups excluding carboxylic acids is 1. The molecule has 146 valence electrons. The van der Waals surface area contributed by atoms with E-state index in [9.17, 15) is 4.79 Å². The lowest BCUT2D eigenvalue weighted by Crippen LogP contribution is -2.29. The monoisotopic (exact) mass is 406 g/mol. The van der Waals surface area contributed by atoms with Crippen molar-refractivity contribution in [2.75, 3.05) is 23.4 Å². The molecule has 2 aromatic rings. The van der Waals surface area contributed by atoms with Gasteiger partial charge in [0, 0.05) is 24.6 Å². The number of rotatable bonds is 7. The summed E-state index contributed by atoms with van der Waals surface area (Å²) in [6.45, 7) is 4.61. The maximum Gasteiger partial charge on any atom is 0.319 e. The smallest absolute Gasteiger partial charge is 0.319 e. The van der Waals surface area contributed by atoms with Crippen LogP contribution in [0.2, 0.25) is 0 Å². The van der Waals surface area contributed by atoms with E-state index in [2.05, 4.69) is 32.9 Å². The fourth-order valence-electron chi connectivity index (χ4n) is 2.66. The molecule has 0 radical (unpaired) electrons. The van der Waals surface area contributed by atoms with Crippen LogP contribution in [0.4, 0.5) is 10.5 Å². The Kier molecular flexibility index (Phi) is 7.46. The van der Waals surface area contributed by atoms with Gasteiger partial charge in [0.1, 0.15) is 0 Å². The number of amides is 2. The normalized spacial score (nSPS) is 15.1. The average Bonchev–Trinajstić information content (AvgIpc) is 3.15. The number of hydrogen-bond acceptors (Lipinski definition) is 6. The zero-order valence-corrected chi connectivity index (χ0v) is 17.4. The van der Waals surface area contributed by atoms with Crippen LogP contribution in [-0.4, -0.2) is 34.2 Å². The predicted molar refractivity (Wildman–Crippen MR) is 112 cm³/mol. The van der Waals surface area contributed by atoms with Crippen molar-refractivity contribution >= 4 is 35.2 Å². The molecule has 2 heterocycles. The van der Waals surface area contributed by atoms with E-state index in [1.54, 1.807) is 0 Å². The third-order valence-corrected chi connectivity index (χ3v) is 7.11. The van der Waals surface area contributed by atoms with Crippen molar-refractivity contribution in [3.05, 3.63) is 41.5 Å². The number of anilines is 1. The third kappa shape index (κ3) is 6.17. The van der Waals surface area contributed by atoms with Gasteiger partial charge in [0.15, 0.2) is 5.82 Å². The standard InChI is InChI=1S/C19H26N4O2S2/c1-13(2)17-22-16(25-23-17)8-4-9-20-19(24)21-15-7-3-6-14(12-15)18-26-10-5-11-27-18/h3,6-7,12-13,18H,4-5,8-11H2,1-2H3,(H2,20,21,24). The van der Waals surface area contributed by atoms with Gasteiger partial charge in [0.2, 0.25) is 5.89 Å². The number of nitrogens with zero attached hydrogens (tertiary/aromatic N) is 2. The van der Waals surface area contributed by atoms with Gasteiger partial charge in [-0.1, -0.05) is 31.1 Å². The molecule has 1 aliphatic rings. The number of hydrogen-bond donors (Lipinski definition) is 2. The van der Waals surface area contributed by atoms with Crippen molar-refractivity contribution in [3.8, 4) is 0 Å². The van der Waals surface area contributed by atoms with Gasteiger partial charge >= 0.3 is 6.03 Å². The number of aromatic nitrogens is 2. The van der Waals surface area contributed by atoms with Crippen LogP contribution >= 0.6 is 23.5 Å². The van der Waals surface area contributed by atoms with Crippen molar-refractivity contribution < 1.29 is 9.32 Å². The molecule has 1 saturated heterocycles. The van der Waals surface area contributed by atoms with Crippen LogP contribution in [0.3, 0.4) is 0 Å². The molecule has 0 spiro atoms. The highest BCUT2D eigenvalue weighted by atomic mass is 32.2. The zero-order chi connectivity index (χ0) is 19.1. The predicted octanol–water partition coefficient (Wildman–Crippen LogP) is 4.82. The summed E-state index contributed by atoms with van der Waals surface area (Å²) in [6.07, 6.45) is 2.68. The molecule has 0 saturated carbocycles. The minimum atomic E-state index is -0.190. The summed E-state index contributed by atoms with van der Waals surface area (Å²) in [5, 5.41) is 9.74. The molecular weight excluding hydrogens is 380 g/mol. The van der Waals surface area contributed by atoms with Gasteiger partial charge < -0.3 is 15.2 Å². The summed E-state index contributed by atoms with van der Waals surface area (Å²) in [5.41, 5.74) is 2.09. The summed E-state index contributed by atoms with van der Waals surface area (Å²) in [5.74, 6) is 4.01. The van der Waals surface area contributed by atoms with Gasteiger partial charge in [-0.15, -0.1) is 23.5 Å². The molecule has 0 bridgehead atoms. The number of nitrogens with one attached hydrogen (secondary N) is 2. The second kappa shape index (κ2) is 10.0. The lowest BCUT2D eigenvalue weighted by molar-refractivity contribution is 0.252. The number of thioether (sulfide) groups is 2. The van der Waals surface area contributed by atoms with Crippen molar-refractivity contribution in [2.45, 2.75) is 43.6 Å². The van der Waals surface area contributed by atoms with Crippen LogP contribution < -0.4 is 10.6 Å². The van der Waals surface area contributed by atoms with E-state index < -0.39 is 0 Å². The molecule has 27 heavy (non-hydrogen) atoms. The van der Waals surface area contributed by atoms with Crippen LogP contribution in [-0.2, 0) is 6.42 Å². The first kappa shape index (κ1) is 20.1. The van der Waals surface area contributed by atoms with Gasteiger partial charge in [-0.05, 0) is 42.0 Å². The van der Waals surface area contributed by atoms with Gasteiger partial charge in [0.25, 0.3) is 0 Å². The number of carbonyl (C=O) groups is 1. The average molecular weight is 407 g/mol. The van der Waals surface area contributed by atoms with Crippen molar-refractivity contribution in [1.82, 2.24) is 15.5 Å². The molecule has 8 heteroatoms. The van der Waals surface area contributed by atoms with Crippen LogP contribution in [0, 0.1) is 0 Å². The first-order chi connectivity index (χ1) is 13.1. The minimum absolute atomic E-state index is 0.190. The molecular formula is C19H26N4O2S2. The first-order valence-electron chi connectivity index (χ1n) is 9.32. The molecule has 0 aliphatic carbocycles. The Morgan fingerprint density at radius 1 is 1.33 bits per heavy atom. The maximum atomic E-state index is 12.1. The molecule has 1 aromatic carbocycles. The van der Waals surface area contributed by atoms with Crippen LogP contribution in [0.5, 0.6) is 0 Å². The van der Waals surface area contributed by atoms with E-state index in [1.807, 2.05) is 49.5 Å². The van der Waals surface area contributed by atoms with Crippen molar-refractivity contribution in [3.63, 3.8) is 0 Å². The Morgan fingerprint density at radius 2 is 2.15 bits per heavy atom. The van der Waals surface area contributed by atoms with Gasteiger partial charge in [-0.3, -0.25) is 0 Å². The molecule has 0 unspecified atom stereocenters. The second-order valence-electron chi connectivity index (χ2n) is 6.74. The SMILES string of the molecule is CC(C)c1noc(CCCNC(=O)Nc2cccc(C3SCCCS3)c2)n1. The largest absolute Gasteiger partial charge is 0.339 e. The van der Waals surface area contributed by atoms with Crippen LogP contribution in [0.25, 0.3) is 0 Å². The maximum absolute atomic E-state index is 12.1. The van der Waals surface area contributed by atoms with E-state index >= 15 is 0 Å². The topological polar surface area (TPSA) is 80.0 Å². The van der Waals surface area contributed by atoms with E-state index in [0.29, 0.717) is 23.4 Å². The van der Waals surface area contributed by atoms with E-state index in [4.69, 9.17) is 4.52 Å². The molecule has 2 amide bonds. The van der Waals surface area contributed by atoms with Gasteiger partial charge in [-0.25, -0.2) is 4.79 Å². The lowest BCUT2D eigenvalue weighted by Gasteiger charge is -2.21. The number of benzene rings is 1. The fourth-order valence-corrected chi connectivity index (χ4v) is 5.54. The van der Waals surface area contributed by atoms with E-state index in [-0.39, 0.29) is 11.9 Å². The summed E-state index contributed by atoms with van der Waals surface area (Å²) < 4.78 is 5.67. The fraction of sp³-hybridized carbons (Fsp3) is 0.526. The quantitative estimate of drug-likeness (QED) is 0.642. The lowest BCUT2D eigenvalue weighted by atomic mass is 10.2. The first-order valence-corrected chi connectivity index (χ1v) is 11.4. The molecule has 1 aliphatic heterocycles. The summed E-state index contributed by atoms with van der Waals surface area (Å²) in [4.78, 5) is 16.5. The van der Waals surface area contributed by atoms with E-state index in [1.165, 1.54) is 23.5 Å². The Bertz CT molecular complexity index is 745. The molecule has 0 atom stereocenters. The van der Waals surface area contributed by atoms with Crippen LogP contribution in [0.15, 0.2) is 28.8 Å². The molecule has 6 nitrogen and oxygen atoms in total. The van der Waals surface area contributed by atoms with Crippen LogP contribution in [0.1, 0.15) is 54.5 Å². The Balaban J connectivity index is 1.41. The minimum Gasteiger partial charge on any atom is -0.339 e. The number of urea groups is 1. The number of aryl methyl sites for hydroxylation is 1. The second-order valence-corrected chi connectivity index (χ2v) is 9.46. The molecule has 2 N–H and O–H groups in total. The van der Waals surface area contributed by atoms with Gasteiger partial charge in [0.05, 0.1) is 4.58 Å². The summed E-state index contributed by atoms with van der Waals surface area (Å²) in [6, 6.07) is 7.94. The Hall–Kier alpha value is -1.67. The third-order valence-electron chi connectivity index (χ3n) is 4.10. The van der Waals surface area contributed by atoms with Crippen molar-refractivity contribution in [1.29, 1.82) is 0 Å². The van der Waals surface area contributed by atoms with Gasteiger partial charge in [-0.2, -0.15) is 4.98 Å². The highest BCUT2D eigenvalue weighted by molar-refractivity contribution is 8.16. The van der Waals surface area contributed by atoms with Crippen molar-refractivity contribution in [2.24, 2.45) is 0 Å². The van der Waals surface area contributed by atoms with E-state index in [0.717, 1.165) is 17.9 Å².